The van der Waals surface area contributed by atoms with Crippen molar-refractivity contribution in [1.82, 2.24) is 9.78 Å². The monoisotopic (exact) mass is 502 g/mol. The number of nitrogens with zero attached hydrogens (tertiary/aromatic N) is 2. The summed E-state index contributed by atoms with van der Waals surface area (Å²) in [4.78, 5) is 11.8. The van der Waals surface area contributed by atoms with Crippen LogP contribution in [0.25, 0.3) is 16.9 Å². The number of hydrogen-bond acceptors (Lipinski definition) is 4. The molecule has 10 heteroatoms. The van der Waals surface area contributed by atoms with Crippen molar-refractivity contribution >= 4 is 56.7 Å². The van der Waals surface area contributed by atoms with Gasteiger partial charge in [0, 0.05) is 15.6 Å². The van der Waals surface area contributed by atoms with E-state index in [1.54, 1.807) is 24.3 Å². The van der Waals surface area contributed by atoms with Crippen LogP contribution >= 0.6 is 50.7 Å². The smallest absolute Gasteiger partial charge is 0.356 e. The maximum absolute atomic E-state index is 11.8. The zero-order valence-electron chi connectivity index (χ0n) is 14.1. The van der Waals surface area contributed by atoms with Crippen LogP contribution in [0.2, 0.25) is 15.1 Å². The maximum Gasteiger partial charge on any atom is 0.356 e. The molecule has 0 radical (unpaired) electrons. The van der Waals surface area contributed by atoms with Gasteiger partial charge in [-0.2, -0.15) is 5.10 Å². The summed E-state index contributed by atoms with van der Waals surface area (Å²) in [5.41, 5.74) is 1.90. The Bertz CT molecular complexity index is 1130. The number of aromatic nitrogens is 2. The molecule has 144 valence electrons. The van der Waals surface area contributed by atoms with E-state index in [0.29, 0.717) is 48.5 Å². The summed E-state index contributed by atoms with van der Waals surface area (Å²) in [6.45, 7) is -0.0111. The van der Waals surface area contributed by atoms with Gasteiger partial charge in [-0.1, -0.05) is 34.8 Å². The standard InChI is InChI=1S/C18H10BrCl3N2O4/c1-27-17-12(19)5-10-15-11(6-28-16(10)13(17)22)14(18(25)26)23-24(15)9-3-7(20)2-8(21)4-9/h2-5H,6H2,1H3,(H,25,26). The Hall–Kier alpha value is -1.93. The van der Waals surface area contributed by atoms with Gasteiger partial charge in [-0.3, -0.25) is 0 Å². The van der Waals surface area contributed by atoms with E-state index in [4.69, 9.17) is 44.3 Å². The first-order valence-corrected chi connectivity index (χ1v) is 9.75. The zero-order chi connectivity index (χ0) is 20.2. The first kappa shape index (κ1) is 19.4. The zero-order valence-corrected chi connectivity index (χ0v) is 17.9. The summed E-state index contributed by atoms with van der Waals surface area (Å²) >= 11 is 22.1. The number of rotatable bonds is 3. The van der Waals surface area contributed by atoms with Crippen LogP contribution in [0.3, 0.4) is 0 Å². The second-order valence-electron chi connectivity index (χ2n) is 5.89. The molecule has 2 aromatic carbocycles. The second-order valence-corrected chi connectivity index (χ2v) is 8.00. The Morgan fingerprint density at radius 1 is 1.25 bits per heavy atom. The van der Waals surface area contributed by atoms with Crippen molar-refractivity contribution < 1.29 is 19.4 Å². The number of carboxylic acids is 1. The van der Waals surface area contributed by atoms with Crippen molar-refractivity contribution in [3.8, 4) is 28.4 Å². The lowest BCUT2D eigenvalue weighted by Gasteiger charge is -2.22. The molecule has 28 heavy (non-hydrogen) atoms. The summed E-state index contributed by atoms with van der Waals surface area (Å²) in [5.74, 6) is -0.381. The number of aromatic carboxylic acids is 1. The number of halogens is 4. The predicted molar refractivity (Wildman–Crippen MR) is 110 cm³/mol. The van der Waals surface area contributed by atoms with Gasteiger partial charge in [0.05, 0.1) is 28.5 Å². The minimum Gasteiger partial charge on any atom is -0.494 e. The predicted octanol–water partition coefficient (Wildman–Crippen LogP) is 5.86. The third-order valence-corrected chi connectivity index (χ3v) is 5.60. The van der Waals surface area contributed by atoms with Gasteiger partial charge in [-0.25, -0.2) is 9.48 Å². The molecule has 6 nitrogen and oxygen atoms in total. The van der Waals surface area contributed by atoms with Gasteiger partial charge in [0.2, 0.25) is 0 Å². The summed E-state index contributed by atoms with van der Waals surface area (Å²) in [6, 6.07) is 6.60. The van der Waals surface area contributed by atoms with Gasteiger partial charge in [-0.05, 0) is 40.2 Å². The number of carboxylic acid groups (broad SMARTS) is 1. The van der Waals surface area contributed by atoms with Gasteiger partial charge in [-0.15, -0.1) is 0 Å². The molecule has 1 aliphatic heterocycles. The van der Waals surface area contributed by atoms with Gasteiger partial charge in [0.15, 0.2) is 17.2 Å². The maximum atomic E-state index is 11.8. The molecule has 0 bridgehead atoms. The quantitative estimate of drug-likeness (QED) is 0.484. The highest BCUT2D eigenvalue weighted by atomic mass is 79.9. The fraction of sp³-hybridized carbons (Fsp3) is 0.111. The number of fused-ring (bicyclic) bond motifs is 3. The van der Waals surface area contributed by atoms with Crippen LogP contribution in [0.1, 0.15) is 16.1 Å². The molecule has 0 spiro atoms. The topological polar surface area (TPSA) is 73.6 Å². The lowest BCUT2D eigenvalue weighted by molar-refractivity contribution is 0.0687. The average molecular weight is 505 g/mol. The highest BCUT2D eigenvalue weighted by Gasteiger charge is 2.33. The van der Waals surface area contributed by atoms with Crippen molar-refractivity contribution in [2.75, 3.05) is 7.11 Å². The SMILES string of the molecule is COc1c(Br)cc2c(c1Cl)OCc1c(C(=O)O)nn(-c3cc(Cl)cc(Cl)c3)c1-2. The first-order chi connectivity index (χ1) is 13.3. The number of carbonyl (C=O) groups is 1. The molecule has 0 saturated carbocycles. The molecule has 0 fully saturated rings. The second kappa shape index (κ2) is 7.15. The molecule has 0 unspecified atom stereocenters. The molecule has 1 aliphatic rings. The minimum atomic E-state index is -1.17. The van der Waals surface area contributed by atoms with Crippen LogP contribution in [0.4, 0.5) is 0 Å². The van der Waals surface area contributed by atoms with Gasteiger partial charge < -0.3 is 14.6 Å². The lowest BCUT2D eigenvalue weighted by Crippen LogP contribution is -2.10. The van der Waals surface area contributed by atoms with Crippen molar-refractivity contribution in [2.24, 2.45) is 0 Å². The van der Waals surface area contributed by atoms with Crippen LogP contribution in [-0.2, 0) is 6.61 Å². The Kier molecular flexibility index (Phi) is 4.95. The molecule has 1 aromatic heterocycles. The number of methoxy groups -OCH3 is 1. The van der Waals surface area contributed by atoms with E-state index in [9.17, 15) is 9.90 Å². The number of ether oxygens (including phenoxy) is 2. The molecule has 3 aromatic rings. The van der Waals surface area contributed by atoms with Crippen molar-refractivity contribution in [3.63, 3.8) is 0 Å². The third-order valence-electron chi connectivity index (χ3n) is 4.23. The Balaban J connectivity index is 2.07. The molecule has 2 heterocycles. The van der Waals surface area contributed by atoms with Crippen molar-refractivity contribution in [3.05, 3.63) is 55.1 Å². The van der Waals surface area contributed by atoms with Gasteiger partial charge in [0.25, 0.3) is 0 Å². The molecule has 0 atom stereocenters. The molecule has 4 rings (SSSR count). The van der Waals surface area contributed by atoms with Crippen LogP contribution in [0.5, 0.6) is 11.5 Å². The Morgan fingerprint density at radius 2 is 1.93 bits per heavy atom. The normalized spacial score (nSPS) is 12.2. The Labute approximate surface area is 182 Å². The van der Waals surface area contributed by atoms with E-state index in [-0.39, 0.29) is 17.3 Å². The van der Waals surface area contributed by atoms with Crippen LogP contribution in [0, 0.1) is 0 Å². The summed E-state index contributed by atoms with van der Waals surface area (Å²) < 4.78 is 13.1. The summed E-state index contributed by atoms with van der Waals surface area (Å²) in [6.07, 6.45) is 0. The fourth-order valence-corrected chi connectivity index (χ4v) is 4.67. The van der Waals surface area contributed by atoms with E-state index < -0.39 is 5.97 Å². The first-order valence-electron chi connectivity index (χ1n) is 7.82. The van der Waals surface area contributed by atoms with E-state index in [0.717, 1.165) is 0 Å². The van der Waals surface area contributed by atoms with Gasteiger partial charge in [0.1, 0.15) is 11.6 Å². The molecule has 1 N–H and O–H groups in total. The largest absolute Gasteiger partial charge is 0.494 e. The van der Waals surface area contributed by atoms with Crippen LogP contribution in [0.15, 0.2) is 28.7 Å². The number of benzene rings is 2. The van der Waals surface area contributed by atoms with Crippen molar-refractivity contribution in [1.29, 1.82) is 0 Å². The van der Waals surface area contributed by atoms with Gasteiger partial charge >= 0.3 is 5.97 Å². The van der Waals surface area contributed by atoms with E-state index in [2.05, 4.69) is 21.0 Å². The molecular formula is C18H10BrCl3N2O4. The summed E-state index contributed by atoms with van der Waals surface area (Å²) in [7, 11) is 1.49. The molecule has 0 aliphatic carbocycles. The van der Waals surface area contributed by atoms with E-state index in [1.165, 1.54) is 11.8 Å². The van der Waals surface area contributed by atoms with Crippen LogP contribution < -0.4 is 9.47 Å². The fourth-order valence-electron chi connectivity index (χ4n) is 3.12. The van der Waals surface area contributed by atoms with Crippen LogP contribution in [-0.4, -0.2) is 28.0 Å². The Morgan fingerprint density at radius 3 is 2.54 bits per heavy atom. The molecule has 0 amide bonds. The lowest BCUT2D eigenvalue weighted by atomic mass is 10.0. The minimum absolute atomic E-state index is 0.0111. The third kappa shape index (κ3) is 3.03. The highest BCUT2D eigenvalue weighted by molar-refractivity contribution is 9.10. The molecular weight excluding hydrogens is 494 g/mol. The van der Waals surface area contributed by atoms with E-state index in [1.807, 2.05) is 0 Å². The van der Waals surface area contributed by atoms with E-state index >= 15 is 0 Å². The van der Waals surface area contributed by atoms with Crippen molar-refractivity contribution in [2.45, 2.75) is 6.61 Å². The molecule has 0 saturated heterocycles. The summed E-state index contributed by atoms with van der Waals surface area (Å²) in [5, 5.41) is 14.9. The number of hydrogen-bond donors (Lipinski definition) is 1. The highest BCUT2D eigenvalue weighted by Crippen LogP contribution is 2.50. The average Bonchev–Trinajstić information content (AvgIpc) is 3.01.